The van der Waals surface area contributed by atoms with E-state index in [2.05, 4.69) is 270 Å². The van der Waals surface area contributed by atoms with Crippen molar-refractivity contribution >= 4 is 82.3 Å². The number of anilines is 3. The molecule has 0 fully saturated rings. The number of hydrogen-bond donors (Lipinski definition) is 0. The maximum absolute atomic E-state index is 6.17. The summed E-state index contributed by atoms with van der Waals surface area (Å²) in [7, 11) is 0. The Bertz CT molecular complexity index is 4620. The minimum Gasteiger partial charge on any atom is -0.436 e. The van der Waals surface area contributed by atoms with Crippen LogP contribution in [0.25, 0.3) is 127 Å². The van der Waals surface area contributed by atoms with E-state index < -0.39 is 0 Å². The van der Waals surface area contributed by atoms with Gasteiger partial charge in [-0.25, -0.2) is 4.98 Å². The molecule has 15 rings (SSSR count). The normalized spacial score (nSPS) is 11.6. The summed E-state index contributed by atoms with van der Waals surface area (Å²) < 4.78 is 8.53. The zero-order chi connectivity index (χ0) is 50.8. The highest BCUT2D eigenvalue weighted by atomic mass is 16.3. The number of nitrogens with zero attached hydrogens (tertiary/aromatic N) is 3. The monoisotopic (exact) mass is 981 g/mol. The number of benzene rings is 13. The van der Waals surface area contributed by atoms with E-state index in [-0.39, 0.29) is 0 Å². The van der Waals surface area contributed by atoms with Crippen LogP contribution in [0, 0.1) is 0 Å². The standard InChI is InChI=1S/C73H47N3O/c1-2-12-57(13-3-1)76-70-20-10-8-18-66(70)68-47-56(37-45-71(68)76)53-28-24-49(25-29-53)51-32-40-59(41-33-51)75(60-42-34-54(35-43-60)73-74-69-19-9-11-21-72(69)77-73)58-38-30-50(31-39-58)48-22-26-52(27-23-48)55-36-44-65-63-16-5-4-14-61(63)62-15-6-7-17-64(62)67(65)46-55/h1-47H. The summed E-state index contributed by atoms with van der Waals surface area (Å²) in [6, 6.07) is 103. The first kappa shape index (κ1) is 44.2. The molecule has 0 aliphatic rings. The Kier molecular flexibility index (Phi) is 10.5. The molecule has 2 heterocycles. The minimum absolute atomic E-state index is 0.606. The van der Waals surface area contributed by atoms with Gasteiger partial charge in [0, 0.05) is 39.1 Å². The first-order chi connectivity index (χ1) is 38.1. The third-order valence-electron chi connectivity index (χ3n) is 15.5. The molecule has 0 unspecified atom stereocenters. The van der Waals surface area contributed by atoms with Gasteiger partial charge in [-0.05, 0) is 174 Å². The van der Waals surface area contributed by atoms with Crippen LogP contribution in [-0.4, -0.2) is 9.55 Å². The predicted molar refractivity (Wildman–Crippen MR) is 323 cm³/mol. The lowest BCUT2D eigenvalue weighted by Crippen LogP contribution is -2.09. The van der Waals surface area contributed by atoms with Crippen LogP contribution >= 0.6 is 0 Å². The molecule has 0 saturated carbocycles. The quantitative estimate of drug-likeness (QED) is 0.135. The molecule has 15 aromatic rings. The van der Waals surface area contributed by atoms with E-state index in [0.29, 0.717) is 5.89 Å². The molecule has 0 saturated heterocycles. The van der Waals surface area contributed by atoms with Gasteiger partial charge in [0.1, 0.15) is 5.52 Å². The van der Waals surface area contributed by atoms with E-state index in [9.17, 15) is 0 Å². The van der Waals surface area contributed by atoms with Crippen molar-refractivity contribution in [2.24, 2.45) is 0 Å². The van der Waals surface area contributed by atoms with Gasteiger partial charge in [0.15, 0.2) is 5.58 Å². The summed E-state index contributed by atoms with van der Waals surface area (Å²) >= 11 is 0. The van der Waals surface area contributed by atoms with Crippen LogP contribution in [0.3, 0.4) is 0 Å². The van der Waals surface area contributed by atoms with Crippen molar-refractivity contribution in [2.75, 3.05) is 4.90 Å². The van der Waals surface area contributed by atoms with Crippen LogP contribution in [0.1, 0.15) is 0 Å². The second-order valence-corrected chi connectivity index (χ2v) is 19.9. The molecule has 0 amide bonds. The van der Waals surface area contributed by atoms with Gasteiger partial charge in [0.2, 0.25) is 5.89 Å². The summed E-state index contributed by atoms with van der Waals surface area (Å²) in [5, 5.41) is 10.2. The molecule has 0 bridgehead atoms. The van der Waals surface area contributed by atoms with Crippen LogP contribution in [0.5, 0.6) is 0 Å². The molecule has 360 valence electrons. The lowest BCUT2D eigenvalue weighted by molar-refractivity contribution is 0.620. The SMILES string of the molecule is c1ccc(-n2c3ccccc3c3cc(-c4ccc(-c5ccc(N(c6ccc(-c7ccc(-c8ccc9c%10ccccc%10c%10ccccc%10c9c8)cc7)cc6)c6ccc(-c7nc8ccccc8o7)cc6)cc5)cc4)ccc32)cc1. The second-order valence-electron chi connectivity index (χ2n) is 19.9. The molecule has 0 aliphatic carbocycles. The van der Waals surface area contributed by atoms with Gasteiger partial charge in [0.05, 0.1) is 11.0 Å². The zero-order valence-corrected chi connectivity index (χ0v) is 41.9. The molecule has 13 aromatic carbocycles. The van der Waals surface area contributed by atoms with Crippen molar-refractivity contribution in [3.8, 4) is 61.6 Å². The van der Waals surface area contributed by atoms with Gasteiger partial charge in [0.25, 0.3) is 0 Å². The van der Waals surface area contributed by atoms with E-state index in [1.54, 1.807) is 0 Å². The number of fused-ring (bicyclic) bond motifs is 10. The fraction of sp³-hybridized carbons (Fsp3) is 0. The molecular formula is C73H47N3O. The molecule has 0 aliphatic heterocycles. The average Bonchev–Trinajstić information content (AvgIpc) is 4.21. The van der Waals surface area contributed by atoms with E-state index in [1.807, 2.05) is 24.3 Å². The van der Waals surface area contributed by atoms with E-state index in [0.717, 1.165) is 56.1 Å². The Morgan fingerprint density at radius 2 is 0.649 bits per heavy atom. The van der Waals surface area contributed by atoms with Gasteiger partial charge in [-0.1, -0.05) is 188 Å². The number of aromatic nitrogens is 2. The van der Waals surface area contributed by atoms with Gasteiger partial charge >= 0.3 is 0 Å². The maximum Gasteiger partial charge on any atom is 0.227 e. The van der Waals surface area contributed by atoms with Gasteiger partial charge in [-0.15, -0.1) is 0 Å². The highest BCUT2D eigenvalue weighted by Gasteiger charge is 2.18. The third kappa shape index (κ3) is 7.73. The lowest BCUT2D eigenvalue weighted by Gasteiger charge is -2.26. The first-order valence-electron chi connectivity index (χ1n) is 26.3. The Balaban J connectivity index is 0.730. The summed E-state index contributed by atoms with van der Waals surface area (Å²) in [4.78, 5) is 7.09. The minimum atomic E-state index is 0.606. The van der Waals surface area contributed by atoms with Crippen molar-refractivity contribution in [3.63, 3.8) is 0 Å². The first-order valence-corrected chi connectivity index (χ1v) is 26.3. The molecular weight excluding hydrogens is 935 g/mol. The van der Waals surface area contributed by atoms with Crippen molar-refractivity contribution < 1.29 is 4.42 Å². The Morgan fingerprint density at radius 3 is 1.19 bits per heavy atom. The number of hydrogen-bond acceptors (Lipinski definition) is 3. The number of rotatable bonds is 9. The Hall–Kier alpha value is -10.3. The maximum atomic E-state index is 6.17. The lowest BCUT2D eigenvalue weighted by atomic mass is 9.92. The van der Waals surface area contributed by atoms with Crippen LogP contribution in [0.4, 0.5) is 17.1 Å². The van der Waals surface area contributed by atoms with Crippen molar-refractivity contribution in [2.45, 2.75) is 0 Å². The summed E-state index contributed by atoms with van der Waals surface area (Å²) in [5.74, 6) is 0.606. The second kappa shape index (κ2) is 18.3. The molecule has 0 spiro atoms. The highest BCUT2D eigenvalue weighted by molar-refractivity contribution is 6.25. The fourth-order valence-corrected chi connectivity index (χ4v) is 11.6. The van der Waals surface area contributed by atoms with Crippen LogP contribution in [0.15, 0.2) is 290 Å². The van der Waals surface area contributed by atoms with Gasteiger partial charge in [-0.3, -0.25) is 0 Å². The molecule has 0 radical (unpaired) electrons. The molecule has 0 N–H and O–H groups in total. The molecule has 2 aromatic heterocycles. The molecule has 4 heteroatoms. The summed E-state index contributed by atoms with van der Waals surface area (Å²) in [6.45, 7) is 0. The number of oxazole rings is 1. The van der Waals surface area contributed by atoms with Gasteiger partial charge in [-0.2, -0.15) is 0 Å². The zero-order valence-electron chi connectivity index (χ0n) is 41.9. The van der Waals surface area contributed by atoms with Crippen LogP contribution < -0.4 is 4.90 Å². The van der Waals surface area contributed by atoms with E-state index in [4.69, 9.17) is 9.40 Å². The average molecular weight is 982 g/mol. The fourth-order valence-electron chi connectivity index (χ4n) is 11.6. The molecule has 0 atom stereocenters. The third-order valence-corrected chi connectivity index (χ3v) is 15.5. The largest absolute Gasteiger partial charge is 0.436 e. The molecule has 4 nitrogen and oxygen atoms in total. The smallest absolute Gasteiger partial charge is 0.227 e. The van der Waals surface area contributed by atoms with Crippen molar-refractivity contribution in [1.29, 1.82) is 0 Å². The van der Waals surface area contributed by atoms with Crippen molar-refractivity contribution in [3.05, 3.63) is 285 Å². The van der Waals surface area contributed by atoms with Crippen LogP contribution in [-0.2, 0) is 0 Å². The Labute approximate surface area is 445 Å². The topological polar surface area (TPSA) is 34.2 Å². The van der Waals surface area contributed by atoms with E-state index in [1.165, 1.54) is 81.9 Å². The van der Waals surface area contributed by atoms with Crippen LogP contribution in [0.2, 0.25) is 0 Å². The summed E-state index contributed by atoms with van der Waals surface area (Å²) in [5.41, 5.74) is 18.7. The highest BCUT2D eigenvalue weighted by Crippen LogP contribution is 2.41. The molecule has 77 heavy (non-hydrogen) atoms. The van der Waals surface area contributed by atoms with Crippen molar-refractivity contribution in [1.82, 2.24) is 9.55 Å². The number of para-hydroxylation sites is 4. The van der Waals surface area contributed by atoms with E-state index >= 15 is 0 Å². The predicted octanol–water partition coefficient (Wildman–Crippen LogP) is 20.2. The van der Waals surface area contributed by atoms with Gasteiger partial charge < -0.3 is 13.9 Å². The summed E-state index contributed by atoms with van der Waals surface area (Å²) in [6.07, 6.45) is 0. The Morgan fingerprint density at radius 1 is 0.273 bits per heavy atom.